The second kappa shape index (κ2) is 8.48. The molecule has 0 aliphatic rings. The number of nitrogens with one attached hydrogen (secondary N) is 2. The van der Waals surface area contributed by atoms with Crippen molar-refractivity contribution in [2.45, 2.75) is 53.5 Å². The first-order valence-corrected chi connectivity index (χ1v) is 6.88. The summed E-state index contributed by atoms with van der Waals surface area (Å²) < 4.78 is 0. The predicted octanol–water partition coefficient (Wildman–Crippen LogP) is 1.54. The molecule has 0 radical (unpaired) electrons. The lowest BCUT2D eigenvalue weighted by atomic mass is 9.85. The Bertz CT molecular complexity index is 234. The van der Waals surface area contributed by atoms with Gasteiger partial charge in [-0.1, -0.05) is 34.6 Å². The van der Waals surface area contributed by atoms with E-state index in [2.05, 4.69) is 45.3 Å². The van der Waals surface area contributed by atoms with Crippen molar-refractivity contribution in [2.24, 2.45) is 11.3 Å². The summed E-state index contributed by atoms with van der Waals surface area (Å²) in [7, 11) is 0. The van der Waals surface area contributed by atoms with Crippen LogP contribution in [0.1, 0.15) is 47.5 Å². The fraction of sp³-hybridized carbons (Fsp3) is 0.929. The maximum Gasteiger partial charge on any atom is 0.233 e. The van der Waals surface area contributed by atoms with E-state index in [1.807, 2.05) is 0 Å². The molecule has 0 saturated carbocycles. The Balaban J connectivity index is 3.93. The topological polar surface area (TPSA) is 61.4 Å². The van der Waals surface area contributed by atoms with Crippen molar-refractivity contribution in [3.05, 3.63) is 0 Å². The van der Waals surface area contributed by atoms with Gasteiger partial charge in [-0.25, -0.2) is 0 Å². The van der Waals surface area contributed by atoms with Gasteiger partial charge in [0.2, 0.25) is 5.91 Å². The molecule has 4 heteroatoms. The zero-order valence-electron chi connectivity index (χ0n) is 12.5. The molecule has 18 heavy (non-hydrogen) atoms. The molecule has 1 atom stereocenters. The Morgan fingerprint density at radius 2 is 1.83 bits per heavy atom. The molecule has 0 aromatic rings. The summed E-state index contributed by atoms with van der Waals surface area (Å²) in [5, 5.41) is 15.2. The van der Waals surface area contributed by atoms with Crippen LogP contribution >= 0.6 is 0 Å². The average Bonchev–Trinajstić information content (AvgIpc) is 2.21. The van der Waals surface area contributed by atoms with Crippen molar-refractivity contribution < 1.29 is 9.90 Å². The molecule has 0 aliphatic carbocycles. The van der Waals surface area contributed by atoms with Crippen molar-refractivity contribution >= 4 is 5.91 Å². The summed E-state index contributed by atoms with van der Waals surface area (Å²) in [6.07, 6.45) is 1.67. The molecule has 0 aromatic heterocycles. The van der Waals surface area contributed by atoms with Crippen LogP contribution in [0.2, 0.25) is 0 Å². The van der Waals surface area contributed by atoms with Crippen LogP contribution in [0.5, 0.6) is 0 Å². The van der Waals surface area contributed by atoms with Crippen LogP contribution in [0.15, 0.2) is 0 Å². The van der Waals surface area contributed by atoms with E-state index in [0.717, 1.165) is 13.0 Å². The van der Waals surface area contributed by atoms with E-state index < -0.39 is 0 Å². The van der Waals surface area contributed by atoms with Gasteiger partial charge in [-0.15, -0.1) is 0 Å². The van der Waals surface area contributed by atoms with Crippen LogP contribution < -0.4 is 10.6 Å². The molecule has 108 valence electrons. The van der Waals surface area contributed by atoms with E-state index in [0.29, 0.717) is 18.9 Å². The molecular weight excluding hydrogens is 228 g/mol. The molecule has 0 saturated heterocycles. The summed E-state index contributed by atoms with van der Waals surface area (Å²) in [6.45, 7) is 11.8. The summed E-state index contributed by atoms with van der Waals surface area (Å²) >= 11 is 0. The summed E-state index contributed by atoms with van der Waals surface area (Å²) in [6, 6.07) is 0.151. The van der Waals surface area contributed by atoms with Gasteiger partial charge in [0, 0.05) is 19.2 Å². The van der Waals surface area contributed by atoms with Crippen LogP contribution in [0, 0.1) is 11.3 Å². The molecule has 1 unspecified atom stereocenters. The van der Waals surface area contributed by atoms with Gasteiger partial charge in [-0.3, -0.25) is 4.79 Å². The average molecular weight is 258 g/mol. The highest BCUT2D eigenvalue weighted by Crippen LogP contribution is 2.21. The molecule has 1 amide bonds. The number of aliphatic hydroxyl groups is 1. The van der Waals surface area contributed by atoms with Gasteiger partial charge < -0.3 is 15.7 Å². The quantitative estimate of drug-likeness (QED) is 0.619. The molecule has 0 aliphatic heterocycles. The number of hydrogen-bond donors (Lipinski definition) is 3. The minimum atomic E-state index is 0.0304. The van der Waals surface area contributed by atoms with Crippen molar-refractivity contribution in [3.8, 4) is 0 Å². The Hall–Kier alpha value is -0.610. The molecule has 0 rings (SSSR count). The number of aliphatic hydroxyl groups excluding tert-OH is 1. The minimum Gasteiger partial charge on any atom is -0.396 e. The SMILES string of the molecule is CC(C)CCNC(=O)CNC(CCO)C(C)(C)C. The predicted molar refractivity (Wildman–Crippen MR) is 75.4 cm³/mol. The lowest BCUT2D eigenvalue weighted by molar-refractivity contribution is -0.120. The van der Waals surface area contributed by atoms with Gasteiger partial charge in [-0.2, -0.15) is 0 Å². The molecule has 0 spiro atoms. The summed E-state index contributed by atoms with van der Waals surface area (Å²) in [4.78, 5) is 11.6. The second-order valence-corrected chi connectivity index (χ2v) is 6.34. The van der Waals surface area contributed by atoms with Crippen molar-refractivity contribution in [1.29, 1.82) is 0 Å². The van der Waals surface area contributed by atoms with Crippen LogP contribution in [0.3, 0.4) is 0 Å². The standard InChI is InChI=1S/C14H30N2O2/c1-11(2)6-8-15-13(18)10-16-12(7-9-17)14(3,4)5/h11-12,16-17H,6-10H2,1-5H3,(H,15,18). The monoisotopic (exact) mass is 258 g/mol. The number of carbonyl (C=O) groups is 1. The first kappa shape index (κ1) is 17.4. The van der Waals surface area contributed by atoms with Gasteiger partial charge in [0.1, 0.15) is 0 Å². The Morgan fingerprint density at radius 1 is 1.22 bits per heavy atom. The fourth-order valence-corrected chi connectivity index (χ4v) is 1.75. The maximum atomic E-state index is 11.6. The van der Waals surface area contributed by atoms with E-state index in [4.69, 9.17) is 5.11 Å². The number of hydrogen-bond acceptors (Lipinski definition) is 3. The molecule has 0 fully saturated rings. The zero-order chi connectivity index (χ0) is 14.2. The van der Waals surface area contributed by atoms with Crippen LogP contribution in [-0.2, 0) is 4.79 Å². The van der Waals surface area contributed by atoms with Gasteiger partial charge in [-0.05, 0) is 24.2 Å². The molecule has 0 aromatic carbocycles. The Kier molecular flexibility index (Phi) is 8.20. The molecule has 0 bridgehead atoms. The number of rotatable bonds is 8. The van der Waals surface area contributed by atoms with E-state index >= 15 is 0 Å². The summed E-state index contributed by atoms with van der Waals surface area (Å²) in [5.74, 6) is 0.637. The summed E-state index contributed by atoms with van der Waals surface area (Å²) in [5.41, 5.74) is 0.0426. The van der Waals surface area contributed by atoms with E-state index in [-0.39, 0.29) is 24.0 Å². The number of amides is 1. The third-order valence-electron chi connectivity index (χ3n) is 3.02. The first-order valence-electron chi connectivity index (χ1n) is 6.88. The largest absolute Gasteiger partial charge is 0.396 e. The van der Waals surface area contributed by atoms with Crippen LogP contribution in [-0.4, -0.2) is 36.8 Å². The van der Waals surface area contributed by atoms with Crippen molar-refractivity contribution in [1.82, 2.24) is 10.6 Å². The highest BCUT2D eigenvalue weighted by molar-refractivity contribution is 5.77. The molecule has 3 N–H and O–H groups in total. The van der Waals surface area contributed by atoms with Crippen LogP contribution in [0.4, 0.5) is 0 Å². The highest BCUT2D eigenvalue weighted by Gasteiger charge is 2.23. The van der Waals surface area contributed by atoms with Crippen molar-refractivity contribution in [2.75, 3.05) is 19.7 Å². The maximum absolute atomic E-state index is 11.6. The van der Waals surface area contributed by atoms with Gasteiger partial charge >= 0.3 is 0 Å². The Morgan fingerprint density at radius 3 is 2.28 bits per heavy atom. The molecule has 0 heterocycles. The fourth-order valence-electron chi connectivity index (χ4n) is 1.75. The van der Waals surface area contributed by atoms with Gasteiger partial charge in [0.15, 0.2) is 0 Å². The third-order valence-corrected chi connectivity index (χ3v) is 3.02. The van der Waals surface area contributed by atoms with E-state index in [1.54, 1.807) is 0 Å². The first-order chi connectivity index (χ1) is 8.27. The van der Waals surface area contributed by atoms with Crippen LogP contribution in [0.25, 0.3) is 0 Å². The lowest BCUT2D eigenvalue weighted by Crippen LogP contribution is -2.45. The highest BCUT2D eigenvalue weighted by atomic mass is 16.3. The lowest BCUT2D eigenvalue weighted by Gasteiger charge is -2.31. The van der Waals surface area contributed by atoms with Gasteiger partial charge in [0.25, 0.3) is 0 Å². The third kappa shape index (κ3) is 8.48. The minimum absolute atomic E-state index is 0.0304. The normalized spacial score (nSPS) is 13.7. The molecular formula is C14H30N2O2. The molecule has 4 nitrogen and oxygen atoms in total. The van der Waals surface area contributed by atoms with Gasteiger partial charge in [0.05, 0.1) is 6.54 Å². The van der Waals surface area contributed by atoms with Crippen molar-refractivity contribution in [3.63, 3.8) is 0 Å². The smallest absolute Gasteiger partial charge is 0.233 e. The van der Waals surface area contributed by atoms with E-state index in [1.165, 1.54) is 0 Å². The number of carbonyl (C=O) groups excluding carboxylic acids is 1. The zero-order valence-corrected chi connectivity index (χ0v) is 12.5. The van der Waals surface area contributed by atoms with E-state index in [9.17, 15) is 4.79 Å². The Labute approximate surface area is 112 Å². The second-order valence-electron chi connectivity index (χ2n) is 6.34.